The number of phenols is 1. The maximum atomic E-state index is 14.2. The summed E-state index contributed by atoms with van der Waals surface area (Å²) in [5, 5.41) is 15.3. The zero-order valence-corrected chi connectivity index (χ0v) is 27.1. The average Bonchev–Trinajstić information content (AvgIpc) is 2.92. The molecular weight excluding hydrogens is 562 g/mol. The first-order valence-corrected chi connectivity index (χ1v) is 15.2. The molecule has 3 amide bonds. The topological polar surface area (TPSA) is 134 Å². The van der Waals surface area contributed by atoms with Gasteiger partial charge in [-0.15, -0.1) is 0 Å². The summed E-state index contributed by atoms with van der Waals surface area (Å²) < 4.78 is 10.9. The van der Waals surface area contributed by atoms with E-state index in [1.165, 1.54) is 17.0 Å². The van der Waals surface area contributed by atoms with E-state index in [0.29, 0.717) is 12.0 Å². The summed E-state index contributed by atoms with van der Waals surface area (Å²) in [4.78, 5) is 54.9. The first kappa shape index (κ1) is 36.1. The van der Waals surface area contributed by atoms with Crippen LogP contribution in [-0.2, 0) is 30.3 Å². The van der Waals surface area contributed by atoms with E-state index < -0.39 is 53.7 Å². The van der Waals surface area contributed by atoms with Gasteiger partial charge in [0.2, 0.25) is 11.8 Å². The molecule has 0 fully saturated rings. The summed E-state index contributed by atoms with van der Waals surface area (Å²) in [7, 11) is 0. The number of benzene rings is 2. The molecule has 0 spiro atoms. The number of hydrogen-bond donors (Lipinski definition) is 3. The van der Waals surface area contributed by atoms with Crippen molar-refractivity contribution in [2.75, 3.05) is 13.1 Å². The van der Waals surface area contributed by atoms with Gasteiger partial charge in [-0.2, -0.15) is 0 Å². The molecule has 10 nitrogen and oxygen atoms in total. The Kier molecular flexibility index (Phi) is 13.7. The Balaban J connectivity index is 2.46. The summed E-state index contributed by atoms with van der Waals surface area (Å²) in [6, 6.07) is 13.0. The molecule has 0 heterocycles. The van der Waals surface area contributed by atoms with Gasteiger partial charge >= 0.3 is 12.1 Å². The van der Waals surface area contributed by atoms with Crippen LogP contribution in [0.1, 0.15) is 91.3 Å². The summed E-state index contributed by atoms with van der Waals surface area (Å²) >= 11 is 0. The molecule has 0 radical (unpaired) electrons. The summed E-state index contributed by atoms with van der Waals surface area (Å²) in [6.07, 6.45) is 2.80. The SMILES string of the molecule is CCCCCCN(C(=O)CNC(=O)OC(C)(C)C)C(C(=O)NC(Cc1ccccc1)C(=O)OC(C)(C)C)c1ccc(O)cc1. The van der Waals surface area contributed by atoms with Crippen molar-refractivity contribution in [3.05, 3.63) is 65.7 Å². The molecule has 44 heavy (non-hydrogen) atoms. The fourth-order valence-electron chi connectivity index (χ4n) is 4.47. The van der Waals surface area contributed by atoms with Crippen molar-refractivity contribution in [2.24, 2.45) is 0 Å². The molecule has 0 saturated heterocycles. The number of alkyl carbamates (subject to hydrolysis) is 1. The minimum atomic E-state index is -1.16. The lowest BCUT2D eigenvalue weighted by molar-refractivity contribution is -0.159. The number of nitrogens with one attached hydrogen (secondary N) is 2. The Bertz CT molecular complexity index is 1220. The maximum absolute atomic E-state index is 14.2. The Hall–Kier alpha value is -4.08. The quantitative estimate of drug-likeness (QED) is 0.191. The monoisotopic (exact) mass is 611 g/mol. The van der Waals surface area contributed by atoms with E-state index in [4.69, 9.17) is 9.47 Å². The van der Waals surface area contributed by atoms with Crippen molar-refractivity contribution < 1.29 is 33.8 Å². The van der Waals surface area contributed by atoms with Crippen LogP contribution in [0, 0.1) is 0 Å². The Labute approximate surface area is 261 Å². The predicted octanol–water partition coefficient (Wildman–Crippen LogP) is 5.44. The third kappa shape index (κ3) is 13.1. The van der Waals surface area contributed by atoms with Gasteiger partial charge < -0.3 is 30.1 Å². The number of carbonyl (C=O) groups is 4. The highest BCUT2D eigenvalue weighted by molar-refractivity contribution is 5.92. The lowest BCUT2D eigenvalue weighted by atomic mass is 10.0. The van der Waals surface area contributed by atoms with Gasteiger partial charge in [0, 0.05) is 13.0 Å². The highest BCUT2D eigenvalue weighted by Gasteiger charge is 2.35. The molecule has 0 aliphatic rings. The third-order valence-corrected chi connectivity index (χ3v) is 6.42. The number of aromatic hydroxyl groups is 1. The van der Waals surface area contributed by atoms with E-state index in [0.717, 1.165) is 24.8 Å². The zero-order chi connectivity index (χ0) is 32.9. The largest absolute Gasteiger partial charge is 0.508 e. The van der Waals surface area contributed by atoms with Crippen LogP contribution in [0.5, 0.6) is 5.75 Å². The fraction of sp³-hybridized carbons (Fsp3) is 0.529. The Morgan fingerprint density at radius 1 is 0.841 bits per heavy atom. The van der Waals surface area contributed by atoms with Gasteiger partial charge in [-0.1, -0.05) is 68.7 Å². The minimum absolute atomic E-state index is 0.00367. The van der Waals surface area contributed by atoms with Gasteiger partial charge in [0.15, 0.2) is 0 Å². The lowest BCUT2D eigenvalue weighted by Crippen LogP contribution is -2.52. The van der Waals surface area contributed by atoms with Crippen LogP contribution in [0.25, 0.3) is 0 Å². The molecule has 0 aliphatic heterocycles. The number of phenolic OH excluding ortho intramolecular Hbond substituents is 1. The number of unbranched alkanes of at least 4 members (excludes halogenated alkanes) is 3. The highest BCUT2D eigenvalue weighted by atomic mass is 16.6. The van der Waals surface area contributed by atoms with Crippen molar-refractivity contribution >= 4 is 23.9 Å². The molecule has 3 N–H and O–H groups in total. The lowest BCUT2D eigenvalue weighted by Gasteiger charge is -2.33. The zero-order valence-electron chi connectivity index (χ0n) is 27.1. The number of ether oxygens (including phenoxy) is 2. The molecule has 2 atom stereocenters. The van der Waals surface area contributed by atoms with Crippen LogP contribution in [0.15, 0.2) is 54.6 Å². The Morgan fingerprint density at radius 3 is 2.02 bits per heavy atom. The van der Waals surface area contributed by atoms with Gasteiger partial charge in [0.05, 0.1) is 0 Å². The molecule has 0 bridgehead atoms. The van der Waals surface area contributed by atoms with Crippen LogP contribution < -0.4 is 10.6 Å². The number of esters is 1. The summed E-state index contributed by atoms with van der Waals surface area (Å²) in [6.45, 7) is 12.3. The first-order valence-electron chi connectivity index (χ1n) is 15.2. The van der Waals surface area contributed by atoms with Crippen molar-refractivity contribution in [1.29, 1.82) is 0 Å². The molecule has 10 heteroatoms. The molecule has 0 aromatic heterocycles. The van der Waals surface area contributed by atoms with E-state index in [-0.39, 0.29) is 18.7 Å². The first-order chi connectivity index (χ1) is 20.6. The van der Waals surface area contributed by atoms with E-state index in [2.05, 4.69) is 17.6 Å². The average molecular weight is 612 g/mol. The van der Waals surface area contributed by atoms with Crippen molar-refractivity contribution in [2.45, 2.75) is 104 Å². The van der Waals surface area contributed by atoms with Gasteiger partial charge in [-0.25, -0.2) is 9.59 Å². The Morgan fingerprint density at radius 2 is 1.45 bits per heavy atom. The second-order valence-corrected chi connectivity index (χ2v) is 12.8. The van der Waals surface area contributed by atoms with Crippen LogP contribution in [0.3, 0.4) is 0 Å². The standard InChI is InChI=1S/C34H49N3O7/c1-8-9-10-14-21-37(28(39)23-35-32(42)44-34(5,6)7)29(25-17-19-26(38)20-18-25)30(40)36-27(31(41)43-33(2,3)4)22-24-15-12-11-13-16-24/h11-13,15-20,27,29,38H,8-10,14,21-23H2,1-7H3,(H,35,42)(H,36,40). The van der Waals surface area contributed by atoms with Crippen molar-refractivity contribution in [3.63, 3.8) is 0 Å². The third-order valence-electron chi connectivity index (χ3n) is 6.42. The smallest absolute Gasteiger partial charge is 0.408 e. The van der Waals surface area contributed by atoms with E-state index >= 15 is 0 Å². The molecule has 242 valence electrons. The molecule has 2 aromatic carbocycles. The fourth-order valence-corrected chi connectivity index (χ4v) is 4.47. The number of carbonyl (C=O) groups excluding carboxylic acids is 4. The second-order valence-electron chi connectivity index (χ2n) is 12.8. The van der Waals surface area contributed by atoms with Crippen LogP contribution in [-0.4, -0.2) is 64.2 Å². The van der Waals surface area contributed by atoms with Crippen molar-refractivity contribution in [3.8, 4) is 5.75 Å². The highest BCUT2D eigenvalue weighted by Crippen LogP contribution is 2.25. The molecular formula is C34H49N3O7. The number of hydrogen-bond acceptors (Lipinski definition) is 7. The molecule has 0 aliphatic carbocycles. The van der Waals surface area contributed by atoms with E-state index in [9.17, 15) is 24.3 Å². The molecule has 2 aromatic rings. The molecule has 0 saturated carbocycles. The summed E-state index contributed by atoms with van der Waals surface area (Å²) in [5.74, 6) is -1.70. The second kappa shape index (κ2) is 16.7. The normalized spacial score (nSPS) is 12.9. The predicted molar refractivity (Wildman–Crippen MR) is 169 cm³/mol. The van der Waals surface area contributed by atoms with E-state index in [1.54, 1.807) is 53.7 Å². The van der Waals surface area contributed by atoms with Crippen LogP contribution in [0.4, 0.5) is 4.79 Å². The number of rotatable bonds is 14. The maximum Gasteiger partial charge on any atom is 0.408 e. The van der Waals surface area contributed by atoms with Crippen LogP contribution in [0.2, 0.25) is 0 Å². The number of amides is 3. The summed E-state index contributed by atoms with van der Waals surface area (Å²) in [5.41, 5.74) is -0.290. The van der Waals surface area contributed by atoms with Crippen LogP contribution >= 0.6 is 0 Å². The van der Waals surface area contributed by atoms with Gasteiger partial charge in [0.1, 0.15) is 35.6 Å². The van der Waals surface area contributed by atoms with E-state index in [1.807, 2.05) is 30.3 Å². The van der Waals surface area contributed by atoms with Gasteiger partial charge in [0.25, 0.3) is 0 Å². The molecule has 2 unspecified atom stereocenters. The minimum Gasteiger partial charge on any atom is -0.508 e. The van der Waals surface area contributed by atoms with Crippen molar-refractivity contribution in [1.82, 2.24) is 15.5 Å². The van der Waals surface area contributed by atoms with Gasteiger partial charge in [-0.3, -0.25) is 9.59 Å². The molecule has 2 rings (SSSR count). The van der Waals surface area contributed by atoms with Gasteiger partial charge in [-0.05, 0) is 71.2 Å². The number of nitrogens with zero attached hydrogens (tertiary/aromatic N) is 1.